The summed E-state index contributed by atoms with van der Waals surface area (Å²) in [6.45, 7) is 1.87. The van der Waals surface area contributed by atoms with Gasteiger partial charge in [-0.05, 0) is 30.2 Å². The maximum atomic E-state index is 10.9. The number of nitrogens with zero attached hydrogens (tertiary/aromatic N) is 1. The van der Waals surface area contributed by atoms with E-state index >= 15 is 0 Å². The van der Waals surface area contributed by atoms with Gasteiger partial charge >= 0.3 is 0 Å². The van der Waals surface area contributed by atoms with Crippen LogP contribution < -0.4 is 0 Å². The molecule has 1 atom stereocenters. The standard InChI is InChI=1S/C15H14ClNO2/c1-11-2-4-12(5-3-11)15(10-17(18)19)13-6-8-14(16)9-7-13/h2-9,15H,10H2,1H3/t15-/m1/s1. The number of aryl methyl sites for hydroxylation is 1. The quantitative estimate of drug-likeness (QED) is 0.624. The minimum Gasteiger partial charge on any atom is -0.265 e. The van der Waals surface area contributed by atoms with E-state index in [2.05, 4.69) is 0 Å². The van der Waals surface area contributed by atoms with Crippen LogP contribution in [0.25, 0.3) is 0 Å². The van der Waals surface area contributed by atoms with Gasteiger partial charge in [-0.25, -0.2) is 0 Å². The van der Waals surface area contributed by atoms with Gasteiger partial charge in [0.25, 0.3) is 0 Å². The van der Waals surface area contributed by atoms with Crippen molar-refractivity contribution in [2.45, 2.75) is 12.8 Å². The lowest BCUT2D eigenvalue weighted by molar-refractivity contribution is -0.481. The molecule has 19 heavy (non-hydrogen) atoms. The Morgan fingerprint density at radius 1 is 1.05 bits per heavy atom. The van der Waals surface area contributed by atoms with Crippen LogP contribution in [-0.4, -0.2) is 11.5 Å². The lowest BCUT2D eigenvalue weighted by atomic mass is 9.91. The molecular weight excluding hydrogens is 262 g/mol. The van der Waals surface area contributed by atoms with Crippen LogP contribution in [0.5, 0.6) is 0 Å². The third-order valence-electron chi connectivity index (χ3n) is 3.08. The zero-order valence-corrected chi connectivity index (χ0v) is 11.3. The number of benzene rings is 2. The van der Waals surface area contributed by atoms with Crippen LogP contribution in [0.15, 0.2) is 48.5 Å². The van der Waals surface area contributed by atoms with Gasteiger partial charge in [0.05, 0.1) is 5.92 Å². The van der Waals surface area contributed by atoms with Gasteiger partial charge in [0.1, 0.15) is 0 Å². The van der Waals surface area contributed by atoms with Crippen molar-refractivity contribution >= 4 is 11.6 Å². The van der Waals surface area contributed by atoms with Crippen LogP contribution in [0, 0.1) is 17.0 Å². The number of hydrogen-bond donors (Lipinski definition) is 0. The molecule has 2 aromatic carbocycles. The molecular formula is C15H14ClNO2. The minimum atomic E-state index is -0.279. The first-order valence-electron chi connectivity index (χ1n) is 6.00. The van der Waals surface area contributed by atoms with Crippen LogP contribution in [0.2, 0.25) is 5.02 Å². The van der Waals surface area contributed by atoms with Gasteiger partial charge in [0, 0.05) is 9.95 Å². The monoisotopic (exact) mass is 275 g/mol. The Hall–Kier alpha value is -1.87. The van der Waals surface area contributed by atoms with Crippen molar-refractivity contribution in [3.05, 3.63) is 80.4 Å². The van der Waals surface area contributed by atoms with Gasteiger partial charge in [-0.2, -0.15) is 0 Å². The Morgan fingerprint density at radius 2 is 1.53 bits per heavy atom. The average Bonchev–Trinajstić information content (AvgIpc) is 2.38. The molecule has 0 saturated heterocycles. The van der Waals surface area contributed by atoms with Gasteiger partial charge in [0.15, 0.2) is 0 Å². The SMILES string of the molecule is Cc1ccc([C@@H](C[N+](=O)[O-])c2ccc(Cl)cc2)cc1. The predicted molar refractivity (Wildman–Crippen MR) is 76.3 cm³/mol. The first-order chi connectivity index (χ1) is 9.06. The van der Waals surface area contributed by atoms with Crippen LogP contribution >= 0.6 is 11.6 Å². The van der Waals surface area contributed by atoms with E-state index in [1.54, 1.807) is 12.1 Å². The number of rotatable bonds is 4. The lowest BCUT2D eigenvalue weighted by Gasteiger charge is -2.14. The fourth-order valence-corrected chi connectivity index (χ4v) is 2.17. The van der Waals surface area contributed by atoms with E-state index in [0.717, 1.165) is 16.7 Å². The van der Waals surface area contributed by atoms with Gasteiger partial charge in [-0.3, -0.25) is 10.1 Å². The van der Waals surface area contributed by atoms with Gasteiger partial charge in [0.2, 0.25) is 6.54 Å². The largest absolute Gasteiger partial charge is 0.265 e. The Morgan fingerprint density at radius 3 is 2.00 bits per heavy atom. The Kier molecular flexibility index (Phi) is 4.17. The van der Waals surface area contributed by atoms with E-state index in [1.807, 2.05) is 43.3 Å². The summed E-state index contributed by atoms with van der Waals surface area (Å²) in [4.78, 5) is 10.6. The van der Waals surface area contributed by atoms with Gasteiger partial charge in [-0.15, -0.1) is 0 Å². The molecule has 0 spiro atoms. The van der Waals surface area contributed by atoms with Crippen molar-refractivity contribution in [1.82, 2.24) is 0 Å². The molecule has 0 aliphatic heterocycles. The molecule has 0 bridgehead atoms. The molecule has 2 rings (SSSR count). The second-order valence-corrected chi connectivity index (χ2v) is 4.97. The van der Waals surface area contributed by atoms with E-state index < -0.39 is 0 Å². The molecule has 3 nitrogen and oxygen atoms in total. The van der Waals surface area contributed by atoms with Gasteiger partial charge < -0.3 is 0 Å². The topological polar surface area (TPSA) is 43.1 Å². The zero-order valence-electron chi connectivity index (χ0n) is 10.5. The second kappa shape index (κ2) is 5.85. The Balaban J connectivity index is 2.37. The summed E-state index contributed by atoms with van der Waals surface area (Å²) in [6, 6.07) is 15.0. The minimum absolute atomic E-state index is 0.120. The van der Waals surface area contributed by atoms with Crippen LogP contribution in [-0.2, 0) is 0 Å². The molecule has 0 N–H and O–H groups in total. The van der Waals surface area contributed by atoms with Crippen molar-refractivity contribution in [2.24, 2.45) is 0 Å². The molecule has 98 valence electrons. The highest BCUT2D eigenvalue weighted by atomic mass is 35.5. The first kappa shape index (κ1) is 13.6. The maximum Gasteiger partial charge on any atom is 0.214 e. The van der Waals surface area contributed by atoms with Crippen molar-refractivity contribution in [2.75, 3.05) is 6.54 Å². The Labute approximate surface area is 117 Å². The molecule has 2 aromatic rings. The molecule has 0 saturated carbocycles. The molecule has 0 heterocycles. The molecule has 0 radical (unpaired) electrons. The van der Waals surface area contributed by atoms with E-state index in [9.17, 15) is 10.1 Å². The maximum absolute atomic E-state index is 10.9. The smallest absolute Gasteiger partial charge is 0.214 e. The van der Waals surface area contributed by atoms with E-state index in [4.69, 9.17) is 11.6 Å². The fraction of sp³-hybridized carbons (Fsp3) is 0.200. The van der Waals surface area contributed by atoms with Crippen molar-refractivity contribution in [3.8, 4) is 0 Å². The van der Waals surface area contributed by atoms with Crippen molar-refractivity contribution in [3.63, 3.8) is 0 Å². The summed E-state index contributed by atoms with van der Waals surface area (Å²) in [5.74, 6) is -0.243. The van der Waals surface area contributed by atoms with Crippen LogP contribution in [0.3, 0.4) is 0 Å². The summed E-state index contributed by atoms with van der Waals surface area (Å²) in [7, 11) is 0. The fourth-order valence-electron chi connectivity index (χ4n) is 2.05. The van der Waals surface area contributed by atoms with Crippen LogP contribution in [0.1, 0.15) is 22.6 Å². The zero-order chi connectivity index (χ0) is 13.8. The normalized spacial score (nSPS) is 12.1. The summed E-state index contributed by atoms with van der Waals surface area (Å²) in [5.41, 5.74) is 2.99. The third kappa shape index (κ3) is 3.55. The third-order valence-corrected chi connectivity index (χ3v) is 3.34. The highest BCUT2D eigenvalue weighted by Crippen LogP contribution is 2.26. The molecule has 0 aliphatic carbocycles. The summed E-state index contributed by atoms with van der Waals surface area (Å²) < 4.78 is 0. The molecule has 0 aromatic heterocycles. The number of halogens is 1. The summed E-state index contributed by atoms with van der Waals surface area (Å²) in [5, 5.41) is 11.5. The highest BCUT2D eigenvalue weighted by Gasteiger charge is 2.19. The summed E-state index contributed by atoms with van der Waals surface area (Å²) in [6.07, 6.45) is 0. The molecule has 4 heteroatoms. The first-order valence-corrected chi connectivity index (χ1v) is 6.38. The second-order valence-electron chi connectivity index (χ2n) is 4.53. The molecule has 0 aliphatic rings. The van der Waals surface area contributed by atoms with Crippen LogP contribution in [0.4, 0.5) is 0 Å². The van der Waals surface area contributed by atoms with E-state index in [0.29, 0.717) is 5.02 Å². The molecule has 0 amide bonds. The predicted octanol–water partition coefficient (Wildman–Crippen LogP) is 4.06. The van der Waals surface area contributed by atoms with Crippen molar-refractivity contribution in [1.29, 1.82) is 0 Å². The van der Waals surface area contributed by atoms with E-state index in [1.165, 1.54) is 0 Å². The summed E-state index contributed by atoms with van der Waals surface area (Å²) >= 11 is 5.86. The highest BCUT2D eigenvalue weighted by molar-refractivity contribution is 6.30. The Bertz CT molecular complexity index is 518. The van der Waals surface area contributed by atoms with Gasteiger partial charge in [-0.1, -0.05) is 53.6 Å². The van der Waals surface area contributed by atoms with E-state index in [-0.39, 0.29) is 17.4 Å². The average molecular weight is 276 g/mol. The molecule has 0 fully saturated rings. The number of nitro groups is 1. The lowest BCUT2D eigenvalue weighted by Crippen LogP contribution is -2.13. The molecule has 0 unspecified atom stereocenters. The number of hydrogen-bond acceptors (Lipinski definition) is 2. The van der Waals surface area contributed by atoms with Crippen molar-refractivity contribution < 1.29 is 4.92 Å².